The number of unbranched alkanes of at least 4 members (excludes halogenated alkanes) is 1. The summed E-state index contributed by atoms with van der Waals surface area (Å²) in [5.74, 6) is -6.98. The molecule has 718 valence electrons. The number of hydrogen-bond donors (Lipinski definition) is 5. The summed E-state index contributed by atoms with van der Waals surface area (Å²) in [4.78, 5) is 149. The quantitative estimate of drug-likeness (QED) is 0.0135. The number of carbonyl (C=O) groups is 13. The van der Waals surface area contributed by atoms with Crippen LogP contribution in [0.15, 0.2) is 322 Å². The van der Waals surface area contributed by atoms with Crippen molar-refractivity contribution in [2.24, 2.45) is 11.5 Å². The molecule has 12 aromatic rings. The maximum atomic E-state index is 12.1. The largest absolute Gasteiger partial charge is 0.478 e. The minimum absolute atomic E-state index is 0.00564. The molecule has 12 aromatic carbocycles. The van der Waals surface area contributed by atoms with E-state index in [9.17, 15) is 67.4 Å². The monoisotopic (exact) mass is 1880 g/mol. The highest BCUT2D eigenvalue weighted by atomic mass is 16.6. The van der Waals surface area contributed by atoms with Gasteiger partial charge in [0.15, 0.2) is 23.0 Å². The molecule has 0 amide bonds. The smallest absolute Gasteiger partial charge is 0.342 e. The van der Waals surface area contributed by atoms with Gasteiger partial charge in [0.05, 0.1) is 0 Å². The van der Waals surface area contributed by atoms with E-state index in [0.29, 0.717) is 69.8 Å². The molecule has 138 heavy (non-hydrogen) atoms. The Balaban J connectivity index is 0.000000226. The van der Waals surface area contributed by atoms with Crippen molar-refractivity contribution in [3.8, 4) is 46.0 Å². The van der Waals surface area contributed by atoms with Gasteiger partial charge in [-0.05, 0) is 196 Å². The van der Waals surface area contributed by atoms with Crippen LogP contribution in [0.1, 0.15) is 172 Å². The van der Waals surface area contributed by atoms with E-state index in [0.717, 1.165) is 55.2 Å². The first-order valence-electron chi connectivity index (χ1n) is 44.5. The van der Waals surface area contributed by atoms with Crippen LogP contribution in [0.25, 0.3) is 0 Å². The molecule has 7 N–H and O–H groups in total. The highest BCUT2D eigenvalue weighted by Crippen LogP contribution is 2.31. The molecule has 28 nitrogen and oxygen atoms in total. The minimum Gasteiger partial charge on any atom is -0.478 e. The van der Waals surface area contributed by atoms with E-state index in [2.05, 4.69) is 12.1 Å². The number of carbonyl (C=O) groups excluding carboxylic acids is 10. The van der Waals surface area contributed by atoms with Crippen molar-refractivity contribution in [3.63, 3.8) is 0 Å². The average molecular weight is 1880 g/mol. The fourth-order valence-corrected chi connectivity index (χ4v) is 13.0. The summed E-state index contributed by atoms with van der Waals surface area (Å²) in [5.41, 5.74) is 19.5. The van der Waals surface area contributed by atoms with Crippen molar-refractivity contribution in [3.05, 3.63) is 383 Å². The highest BCUT2D eigenvalue weighted by Gasteiger charge is 2.24. The van der Waals surface area contributed by atoms with Crippen molar-refractivity contribution in [2.45, 2.75) is 149 Å². The van der Waals surface area contributed by atoms with E-state index in [4.69, 9.17) is 69.0 Å². The number of esters is 10. The number of nitrogens with two attached hydrogens (primary N) is 2. The van der Waals surface area contributed by atoms with E-state index in [1.165, 1.54) is 86.8 Å². The van der Waals surface area contributed by atoms with Gasteiger partial charge in [0.1, 0.15) is 70.5 Å². The van der Waals surface area contributed by atoms with E-state index >= 15 is 0 Å². The molecule has 0 bridgehead atoms. The summed E-state index contributed by atoms with van der Waals surface area (Å²) in [6, 6.07) is 94.3. The third-order valence-electron chi connectivity index (χ3n) is 19.7. The topological polar surface area (TPSA) is 427 Å². The van der Waals surface area contributed by atoms with Gasteiger partial charge in [-0.3, -0.25) is 33.6 Å². The lowest BCUT2D eigenvalue weighted by Crippen LogP contribution is -2.35. The van der Waals surface area contributed by atoms with Gasteiger partial charge in [-0.2, -0.15) is 0 Å². The van der Waals surface area contributed by atoms with E-state index in [-0.39, 0.29) is 99.8 Å². The Hall–Kier alpha value is -16.3. The number of aryl methyl sites for hydroxylation is 7. The Kier molecular flexibility index (Phi) is 48.4. The molecule has 2 atom stereocenters. The van der Waals surface area contributed by atoms with E-state index < -0.39 is 77.7 Å². The number of ether oxygens (including phenoxy) is 10. The highest BCUT2D eigenvalue weighted by molar-refractivity contribution is 5.95. The number of carboxylic acid groups (broad SMARTS) is 3. The van der Waals surface area contributed by atoms with Crippen molar-refractivity contribution >= 4 is 77.6 Å². The summed E-state index contributed by atoms with van der Waals surface area (Å²) in [7, 11) is 0. The number of rotatable bonds is 40. The first kappa shape index (κ1) is 109. The fraction of sp³-hybridized carbons (Fsp3) is 0.227. The van der Waals surface area contributed by atoms with Crippen molar-refractivity contribution in [1.82, 2.24) is 0 Å². The molecule has 0 heterocycles. The second kappa shape index (κ2) is 61.5. The van der Waals surface area contributed by atoms with Gasteiger partial charge in [0, 0.05) is 47.0 Å². The second-order valence-electron chi connectivity index (χ2n) is 30.6. The van der Waals surface area contributed by atoms with Crippen LogP contribution in [-0.4, -0.2) is 118 Å². The molecule has 0 spiro atoms. The zero-order valence-corrected chi connectivity index (χ0v) is 77.1. The Bertz CT molecular complexity index is 5880. The van der Waals surface area contributed by atoms with E-state index in [1.54, 1.807) is 97.1 Å². The van der Waals surface area contributed by atoms with Crippen LogP contribution in [0, 0.1) is 0 Å². The summed E-state index contributed by atoms with van der Waals surface area (Å²) in [6.07, 6.45) is 11.0. The summed E-state index contributed by atoms with van der Waals surface area (Å²) >= 11 is 0. The molecule has 0 saturated heterocycles. The Morgan fingerprint density at radius 2 is 0.507 bits per heavy atom. The molecule has 2 unspecified atom stereocenters. The average Bonchev–Trinajstić information content (AvgIpc) is 0.804. The van der Waals surface area contributed by atoms with Gasteiger partial charge in [0.2, 0.25) is 0 Å². The van der Waals surface area contributed by atoms with E-state index in [1.807, 2.05) is 170 Å². The minimum atomic E-state index is -1.15. The lowest BCUT2D eigenvalue weighted by atomic mass is 9.99. The third kappa shape index (κ3) is 42.7. The Morgan fingerprint density at radius 3 is 0.877 bits per heavy atom. The van der Waals surface area contributed by atoms with Crippen molar-refractivity contribution in [1.29, 1.82) is 0 Å². The molecule has 0 aliphatic heterocycles. The molecule has 28 heteroatoms. The predicted molar refractivity (Wildman–Crippen MR) is 515 cm³/mol. The van der Waals surface area contributed by atoms with Crippen LogP contribution in [0.3, 0.4) is 0 Å². The molecule has 0 aliphatic carbocycles. The van der Waals surface area contributed by atoms with Crippen LogP contribution in [-0.2, 0) is 97.6 Å². The zero-order chi connectivity index (χ0) is 99.6. The SMILES string of the molecule is CC(=O)Oc1cccc(CCCCc2ccccc2)c1C(=O)O.CC(=O)Oc1ccccc1C(=O)OCCOC(=O)CCCc1ccccc1.CC(=O)Oc1ccccc1OC(=O)C(N)CCc1ccccc1.CC(=O)Oc1ccccc1OC(=O)CCCc1ccccc1.NC(CCc1ccccc1)C(=O)Oc1ccccc1C(=O)O.O=C(CCCc1ccccc1)Oc1ccccc1C(=O)O. The van der Waals surface area contributed by atoms with Gasteiger partial charge in [-0.1, -0.05) is 255 Å². The molecule has 0 aromatic heterocycles. The van der Waals surface area contributed by atoms with Crippen molar-refractivity contribution in [2.75, 3.05) is 13.2 Å². The summed E-state index contributed by atoms with van der Waals surface area (Å²) < 4.78 is 50.9. The molecular weight excluding hydrogens is 1770 g/mol. The maximum Gasteiger partial charge on any atom is 0.342 e. The Labute approximate surface area is 800 Å². The van der Waals surface area contributed by atoms with Crippen LogP contribution >= 0.6 is 0 Å². The van der Waals surface area contributed by atoms with Gasteiger partial charge < -0.3 is 74.2 Å². The first-order valence-corrected chi connectivity index (χ1v) is 44.5. The molecule has 0 saturated carbocycles. The van der Waals surface area contributed by atoms with Crippen LogP contribution in [0.5, 0.6) is 46.0 Å². The van der Waals surface area contributed by atoms with Gasteiger partial charge in [-0.25, -0.2) is 28.8 Å². The van der Waals surface area contributed by atoms with Crippen LogP contribution in [0.4, 0.5) is 0 Å². The van der Waals surface area contributed by atoms with Crippen LogP contribution in [0.2, 0.25) is 0 Å². The van der Waals surface area contributed by atoms with Gasteiger partial charge >= 0.3 is 77.6 Å². The number of aromatic carboxylic acids is 3. The molecule has 12 rings (SSSR count). The normalized spacial score (nSPS) is 10.6. The summed E-state index contributed by atoms with van der Waals surface area (Å²) in [5, 5.41) is 27.5. The molecule has 0 fully saturated rings. The Morgan fingerprint density at radius 1 is 0.246 bits per heavy atom. The van der Waals surface area contributed by atoms with Crippen molar-refractivity contribution < 1.29 is 125 Å². The number of benzene rings is 12. The maximum absolute atomic E-state index is 12.1. The first-order chi connectivity index (χ1) is 66.6. The molecule has 0 radical (unpaired) electrons. The van der Waals surface area contributed by atoms with Crippen LogP contribution < -0.4 is 49.4 Å². The summed E-state index contributed by atoms with van der Waals surface area (Å²) in [6.45, 7) is 5.00. The second-order valence-corrected chi connectivity index (χ2v) is 30.6. The lowest BCUT2D eigenvalue weighted by Gasteiger charge is -2.13. The molecule has 0 aliphatic rings. The standard InChI is InChI=1S/C21H22O6.C19H20O4.C18H19NO4.C18H18O4.C17H17NO4.C17H16O4/c1-16(22)27-19-12-6-5-11-18(19)21(24)26-15-14-25-20(23)13-7-10-17-8-3-2-4-9-17;1-14(20)23-17-13-7-12-16(18(17)19(21)22)11-6-5-10-15-8-3-2-4-9-15;1-13(20)22-16-9-5-6-10-17(16)23-18(21)15(19)12-11-14-7-3-2-4-8-14;1-14(19)21-16-11-5-6-12-17(16)22-18(20)13-7-10-15-8-3-2-4-9-15;18-14(11-10-12-6-2-1-3-7-12)17(21)22-15-9-5-4-8-13(15)16(19)20;18-16(12-6-9-13-7-2-1-3-8-13)21-15-11-5-4-10-14(15)17(19)20/h2-6,8-9,11-12H,7,10,13-15H2,1H3;2-4,7-9,12-13H,5-6,10-11H2,1H3,(H,21,22);2-10,15H,11-12,19H2,1H3;2-6,8-9,11-12H,7,10,13H2,1H3;1-9,14H,10-11,18H2,(H,19,20);1-5,7-8,10-11H,6,9,12H2,(H,19,20). The van der Waals surface area contributed by atoms with Gasteiger partial charge in [-0.15, -0.1) is 0 Å². The number of hydrogen-bond acceptors (Lipinski definition) is 25. The predicted octanol–water partition coefficient (Wildman–Crippen LogP) is 18.8. The van der Waals surface area contributed by atoms with Gasteiger partial charge in [0.25, 0.3) is 0 Å². The fourth-order valence-electron chi connectivity index (χ4n) is 13.0. The molecular formula is C110H112N2O26. The third-order valence-corrected chi connectivity index (χ3v) is 19.7. The zero-order valence-electron chi connectivity index (χ0n) is 77.1. The number of para-hydroxylation sites is 7. The number of carboxylic acids is 3. The lowest BCUT2D eigenvalue weighted by molar-refractivity contribution is -0.145.